The number of pyridine rings is 1. The molecule has 8 nitrogen and oxygen atoms in total. The first-order valence-electron chi connectivity index (χ1n) is 8.57. The van der Waals surface area contributed by atoms with Crippen molar-refractivity contribution in [2.24, 2.45) is 0 Å². The van der Waals surface area contributed by atoms with Crippen molar-refractivity contribution in [3.8, 4) is 11.1 Å². The van der Waals surface area contributed by atoms with Crippen LogP contribution in [0.4, 0.5) is 16.6 Å². The van der Waals surface area contributed by atoms with Gasteiger partial charge in [-0.05, 0) is 38.0 Å². The third-order valence-corrected chi connectivity index (χ3v) is 4.31. The summed E-state index contributed by atoms with van der Waals surface area (Å²) in [6.45, 7) is 5.57. The van der Waals surface area contributed by atoms with Gasteiger partial charge in [-0.1, -0.05) is 6.08 Å². The first kappa shape index (κ1) is 17.7. The molecule has 0 aromatic carbocycles. The highest BCUT2D eigenvalue weighted by Gasteiger charge is 2.22. The fourth-order valence-corrected chi connectivity index (χ4v) is 3.06. The topological polar surface area (TPSA) is 123 Å². The molecule has 2 amide bonds. The number of carbonyl (C=O) groups excluding carboxylic acids is 1. The molecule has 26 heavy (non-hydrogen) atoms. The predicted octanol–water partition coefficient (Wildman–Crippen LogP) is 1.83. The summed E-state index contributed by atoms with van der Waals surface area (Å²) in [6, 6.07) is 3.60. The molecule has 8 heteroatoms. The highest BCUT2D eigenvalue weighted by molar-refractivity contribution is 5.82. The minimum atomic E-state index is -0.0517. The summed E-state index contributed by atoms with van der Waals surface area (Å²) >= 11 is 0. The Balaban J connectivity index is 1.98. The van der Waals surface area contributed by atoms with E-state index in [4.69, 9.17) is 11.5 Å². The number of anilines is 2. The average Bonchev–Trinajstić information content (AvgIpc) is 2.62. The van der Waals surface area contributed by atoms with Gasteiger partial charge < -0.3 is 21.7 Å². The normalized spacial score (nSPS) is 14.1. The van der Waals surface area contributed by atoms with Gasteiger partial charge in [-0.2, -0.15) is 0 Å². The zero-order chi connectivity index (χ0) is 18.7. The smallest absolute Gasteiger partial charge is 0.317 e. The lowest BCUT2D eigenvalue weighted by Gasteiger charge is -2.27. The van der Waals surface area contributed by atoms with Crippen LogP contribution < -0.4 is 16.8 Å². The molecule has 3 rings (SSSR count). The van der Waals surface area contributed by atoms with Gasteiger partial charge in [-0.15, -0.1) is 0 Å². The summed E-state index contributed by atoms with van der Waals surface area (Å²) in [5, 5.41) is 2.82. The number of rotatable bonds is 3. The van der Waals surface area contributed by atoms with Crippen LogP contribution in [0, 0.1) is 6.92 Å². The Morgan fingerprint density at radius 2 is 2.12 bits per heavy atom. The molecule has 3 heterocycles. The highest BCUT2D eigenvalue weighted by atomic mass is 16.2. The van der Waals surface area contributed by atoms with E-state index in [0.29, 0.717) is 31.9 Å². The molecule has 1 aliphatic rings. The molecule has 1 aliphatic heterocycles. The van der Waals surface area contributed by atoms with Crippen molar-refractivity contribution in [2.45, 2.75) is 20.3 Å². The lowest BCUT2D eigenvalue weighted by atomic mass is 9.95. The van der Waals surface area contributed by atoms with Crippen LogP contribution in [0.3, 0.4) is 0 Å². The quantitative estimate of drug-likeness (QED) is 0.773. The minimum absolute atomic E-state index is 0.0517. The van der Waals surface area contributed by atoms with Gasteiger partial charge in [0.05, 0.1) is 11.4 Å². The Labute approximate surface area is 152 Å². The predicted molar refractivity (Wildman–Crippen MR) is 102 cm³/mol. The lowest BCUT2D eigenvalue weighted by Crippen LogP contribution is -2.42. The van der Waals surface area contributed by atoms with Crippen molar-refractivity contribution < 1.29 is 4.79 Å². The molecule has 0 radical (unpaired) electrons. The van der Waals surface area contributed by atoms with Crippen LogP contribution in [0.15, 0.2) is 24.4 Å². The van der Waals surface area contributed by atoms with Gasteiger partial charge in [0.2, 0.25) is 5.95 Å². The molecule has 0 aliphatic carbocycles. The number of aromatic nitrogens is 3. The Bertz CT molecular complexity index is 845. The van der Waals surface area contributed by atoms with Crippen molar-refractivity contribution in [2.75, 3.05) is 31.1 Å². The number of nitrogens with two attached hydrogens (primary N) is 2. The maximum absolute atomic E-state index is 12.0. The number of hydrogen-bond donors (Lipinski definition) is 3. The van der Waals surface area contributed by atoms with Crippen LogP contribution in [-0.2, 0) is 0 Å². The van der Waals surface area contributed by atoms with Gasteiger partial charge in [0.15, 0.2) is 0 Å². The molecule has 0 unspecified atom stereocenters. The molecule has 0 fully saturated rings. The second kappa shape index (κ2) is 7.38. The third kappa shape index (κ3) is 3.58. The molecule has 0 saturated carbocycles. The monoisotopic (exact) mass is 353 g/mol. The summed E-state index contributed by atoms with van der Waals surface area (Å²) in [6.07, 6.45) is 4.43. The largest absolute Gasteiger partial charge is 0.384 e. The van der Waals surface area contributed by atoms with Gasteiger partial charge in [-0.3, -0.25) is 0 Å². The molecule has 0 bridgehead atoms. The van der Waals surface area contributed by atoms with Crippen LogP contribution >= 0.6 is 0 Å². The SMILES string of the molecule is CCNC(=O)N1CC=C(c2nc(N)nc(C)c2-c2ccc(N)nc2)CC1. The standard InChI is InChI=1S/C18H23N7O/c1-3-21-18(26)25-8-6-12(7-9-25)16-15(11(2)23-17(20)24-16)13-4-5-14(19)22-10-13/h4-6,10H,3,7-9H2,1-2H3,(H2,19,22)(H,21,26)(H2,20,23,24). The van der Waals surface area contributed by atoms with Crippen molar-refractivity contribution in [3.63, 3.8) is 0 Å². The second-order valence-electron chi connectivity index (χ2n) is 6.12. The van der Waals surface area contributed by atoms with Crippen molar-refractivity contribution in [1.82, 2.24) is 25.2 Å². The molecule has 2 aromatic heterocycles. The highest BCUT2D eigenvalue weighted by Crippen LogP contribution is 2.33. The van der Waals surface area contributed by atoms with Gasteiger partial charge in [0, 0.05) is 37.0 Å². The minimum Gasteiger partial charge on any atom is -0.384 e. The Kier molecular flexibility index (Phi) is 5.01. The van der Waals surface area contributed by atoms with Crippen LogP contribution in [0.25, 0.3) is 16.7 Å². The number of nitrogens with one attached hydrogen (secondary N) is 1. The Hall–Kier alpha value is -3.16. The van der Waals surface area contributed by atoms with Crippen LogP contribution in [0.2, 0.25) is 0 Å². The van der Waals surface area contributed by atoms with Crippen molar-refractivity contribution >= 4 is 23.4 Å². The number of nitrogen functional groups attached to an aromatic ring is 2. The third-order valence-electron chi connectivity index (χ3n) is 4.31. The van der Waals surface area contributed by atoms with Crippen molar-refractivity contribution in [1.29, 1.82) is 0 Å². The number of amides is 2. The van der Waals surface area contributed by atoms with E-state index in [1.807, 2.05) is 26.0 Å². The van der Waals surface area contributed by atoms with Gasteiger partial charge >= 0.3 is 6.03 Å². The first-order chi connectivity index (χ1) is 12.5. The van der Waals surface area contributed by atoms with Crippen LogP contribution in [-0.4, -0.2) is 45.5 Å². The summed E-state index contributed by atoms with van der Waals surface area (Å²) in [7, 11) is 0. The van der Waals surface area contributed by atoms with Crippen LogP contribution in [0.5, 0.6) is 0 Å². The maximum Gasteiger partial charge on any atom is 0.317 e. The van der Waals surface area contributed by atoms with E-state index in [-0.39, 0.29) is 12.0 Å². The number of urea groups is 1. The molecule has 136 valence electrons. The van der Waals surface area contributed by atoms with Crippen LogP contribution in [0.1, 0.15) is 24.7 Å². The van der Waals surface area contributed by atoms with E-state index in [9.17, 15) is 4.79 Å². The van der Waals surface area contributed by atoms with E-state index in [2.05, 4.69) is 20.3 Å². The van der Waals surface area contributed by atoms with Gasteiger partial charge in [-0.25, -0.2) is 19.7 Å². The number of aryl methyl sites for hydroxylation is 1. The number of nitrogens with zero attached hydrogens (tertiary/aromatic N) is 4. The number of carbonyl (C=O) groups is 1. The fraction of sp³-hybridized carbons (Fsp3) is 0.333. The average molecular weight is 353 g/mol. The Morgan fingerprint density at radius 3 is 2.73 bits per heavy atom. The number of hydrogen-bond acceptors (Lipinski definition) is 6. The molecule has 0 atom stereocenters. The summed E-state index contributed by atoms with van der Waals surface area (Å²) in [5.41, 5.74) is 16.0. The Morgan fingerprint density at radius 1 is 1.31 bits per heavy atom. The van der Waals surface area contributed by atoms with Crippen molar-refractivity contribution in [3.05, 3.63) is 35.8 Å². The van der Waals surface area contributed by atoms with Gasteiger partial charge in [0.1, 0.15) is 5.82 Å². The molecular formula is C18H23N7O. The van der Waals surface area contributed by atoms with E-state index in [0.717, 1.165) is 28.1 Å². The molecule has 5 N–H and O–H groups in total. The molecular weight excluding hydrogens is 330 g/mol. The second-order valence-corrected chi connectivity index (χ2v) is 6.12. The van der Waals surface area contributed by atoms with E-state index in [1.165, 1.54) is 0 Å². The zero-order valence-corrected chi connectivity index (χ0v) is 15.0. The van der Waals surface area contributed by atoms with Gasteiger partial charge in [0.25, 0.3) is 0 Å². The molecule has 2 aromatic rings. The summed E-state index contributed by atoms with van der Waals surface area (Å²) < 4.78 is 0. The fourth-order valence-electron chi connectivity index (χ4n) is 3.06. The summed E-state index contributed by atoms with van der Waals surface area (Å²) in [5.74, 6) is 0.690. The van der Waals surface area contributed by atoms with E-state index in [1.54, 1.807) is 17.2 Å². The molecule has 0 saturated heterocycles. The lowest BCUT2D eigenvalue weighted by molar-refractivity contribution is 0.203. The zero-order valence-electron chi connectivity index (χ0n) is 15.0. The van der Waals surface area contributed by atoms with E-state index >= 15 is 0 Å². The first-order valence-corrected chi connectivity index (χ1v) is 8.57. The maximum atomic E-state index is 12.0. The van der Waals surface area contributed by atoms with E-state index < -0.39 is 0 Å². The molecule has 0 spiro atoms. The summed E-state index contributed by atoms with van der Waals surface area (Å²) in [4.78, 5) is 26.7.